The molecular formula is C20H27BrN4O3. The minimum atomic E-state index is -0.700. The van der Waals surface area contributed by atoms with E-state index in [0.29, 0.717) is 5.69 Å². The summed E-state index contributed by atoms with van der Waals surface area (Å²) in [4.78, 5) is 33.3. The summed E-state index contributed by atoms with van der Waals surface area (Å²) in [5, 5.41) is 10.5. The Balaban J connectivity index is 2.20. The predicted octanol–water partition coefficient (Wildman–Crippen LogP) is 2.92. The number of aromatic nitrogens is 2. The highest BCUT2D eigenvalue weighted by Crippen LogP contribution is 2.18. The Morgan fingerprint density at radius 1 is 1.25 bits per heavy atom. The van der Waals surface area contributed by atoms with Gasteiger partial charge in [0.2, 0.25) is 5.88 Å². The number of nitrogens with one attached hydrogen (secondary N) is 1. The van der Waals surface area contributed by atoms with Crippen LogP contribution in [0.25, 0.3) is 5.69 Å². The Labute approximate surface area is 172 Å². The van der Waals surface area contributed by atoms with Gasteiger partial charge in [-0.3, -0.25) is 14.8 Å². The third kappa shape index (κ3) is 5.65. The van der Waals surface area contributed by atoms with Gasteiger partial charge in [-0.05, 0) is 63.7 Å². The van der Waals surface area contributed by atoms with Crippen molar-refractivity contribution in [1.82, 2.24) is 14.5 Å². The monoisotopic (exact) mass is 450 g/mol. The van der Waals surface area contributed by atoms with Crippen LogP contribution in [-0.2, 0) is 0 Å². The topological polar surface area (TPSA) is 90.7 Å². The number of aromatic hydroxyl groups is 1. The molecule has 0 saturated heterocycles. The van der Waals surface area contributed by atoms with Crippen molar-refractivity contribution >= 4 is 22.1 Å². The first-order valence-corrected chi connectivity index (χ1v) is 10.3. The summed E-state index contributed by atoms with van der Waals surface area (Å²) in [5.41, 5.74) is -0.939. The van der Waals surface area contributed by atoms with Crippen molar-refractivity contribution in [3.05, 3.63) is 55.1 Å². The fourth-order valence-electron chi connectivity index (χ4n) is 2.91. The van der Waals surface area contributed by atoms with Crippen LogP contribution in [0.2, 0.25) is 0 Å². The van der Waals surface area contributed by atoms with Gasteiger partial charge in [-0.15, -0.1) is 0 Å². The molecule has 2 rings (SSSR count). The van der Waals surface area contributed by atoms with Crippen LogP contribution in [0.5, 0.6) is 5.88 Å². The van der Waals surface area contributed by atoms with Gasteiger partial charge >= 0.3 is 5.69 Å². The molecule has 7 nitrogen and oxygen atoms in total. The van der Waals surface area contributed by atoms with Crippen LogP contribution in [0.1, 0.15) is 39.2 Å². The maximum Gasteiger partial charge on any atom is 0.335 e. The van der Waals surface area contributed by atoms with E-state index in [0.717, 1.165) is 41.5 Å². The van der Waals surface area contributed by atoms with E-state index in [9.17, 15) is 14.7 Å². The van der Waals surface area contributed by atoms with Gasteiger partial charge in [-0.1, -0.05) is 29.8 Å². The van der Waals surface area contributed by atoms with Gasteiger partial charge in [0, 0.05) is 16.7 Å². The fourth-order valence-corrected chi connectivity index (χ4v) is 3.18. The maximum atomic E-state index is 12.2. The second-order valence-electron chi connectivity index (χ2n) is 6.60. The molecule has 0 fully saturated rings. The lowest BCUT2D eigenvalue weighted by Crippen LogP contribution is -2.31. The molecule has 0 bridgehead atoms. The van der Waals surface area contributed by atoms with Gasteiger partial charge < -0.3 is 10.0 Å². The molecule has 2 aromatic rings. The molecule has 8 heteroatoms. The average molecular weight is 451 g/mol. The van der Waals surface area contributed by atoms with Crippen LogP contribution in [0, 0.1) is 0 Å². The largest absolute Gasteiger partial charge is 0.493 e. The molecule has 28 heavy (non-hydrogen) atoms. The van der Waals surface area contributed by atoms with E-state index in [1.807, 2.05) is 6.92 Å². The summed E-state index contributed by atoms with van der Waals surface area (Å²) in [7, 11) is 0. The standard InChI is InChI=1S/C20H27BrN4O3/c1-4-24(5-2)12-6-7-14(3)22-13-17-18(26)23-20(28)25(19(17)27)16-10-8-15(21)9-11-16/h8-11,13-14,27H,4-7,12H2,1-3H3,(H,23,26,28)/t14-/m1/s1. The summed E-state index contributed by atoms with van der Waals surface area (Å²) < 4.78 is 1.90. The number of benzene rings is 1. The molecule has 1 atom stereocenters. The normalized spacial score (nSPS) is 12.8. The highest BCUT2D eigenvalue weighted by atomic mass is 79.9. The van der Waals surface area contributed by atoms with Crippen molar-refractivity contribution in [3.8, 4) is 11.6 Å². The van der Waals surface area contributed by atoms with Crippen molar-refractivity contribution in [2.45, 2.75) is 39.7 Å². The SMILES string of the molecule is CCN(CC)CCC[C@@H](C)N=Cc1c(O)n(-c2ccc(Br)cc2)c(=O)[nH]c1=O. The van der Waals surface area contributed by atoms with E-state index in [1.54, 1.807) is 24.3 Å². The van der Waals surface area contributed by atoms with E-state index in [2.05, 4.69) is 44.7 Å². The minimum absolute atomic E-state index is 0.00224. The highest BCUT2D eigenvalue weighted by molar-refractivity contribution is 9.10. The Hall–Kier alpha value is -2.19. The Morgan fingerprint density at radius 2 is 1.89 bits per heavy atom. The lowest BCUT2D eigenvalue weighted by Gasteiger charge is -2.18. The maximum absolute atomic E-state index is 12.2. The van der Waals surface area contributed by atoms with Gasteiger partial charge in [-0.2, -0.15) is 0 Å². The summed E-state index contributed by atoms with van der Waals surface area (Å²) >= 11 is 3.33. The van der Waals surface area contributed by atoms with E-state index in [-0.39, 0.29) is 11.6 Å². The first-order chi connectivity index (χ1) is 13.4. The zero-order chi connectivity index (χ0) is 20.7. The number of halogens is 1. The van der Waals surface area contributed by atoms with Gasteiger partial charge in [0.25, 0.3) is 5.56 Å². The van der Waals surface area contributed by atoms with Gasteiger partial charge in [0.15, 0.2) is 0 Å². The van der Waals surface area contributed by atoms with Crippen LogP contribution >= 0.6 is 15.9 Å². The number of rotatable bonds is 9. The molecule has 1 aromatic carbocycles. The molecule has 0 aliphatic carbocycles. The minimum Gasteiger partial charge on any atom is -0.493 e. The summed E-state index contributed by atoms with van der Waals surface area (Å²) in [6.07, 6.45) is 3.23. The van der Waals surface area contributed by atoms with Gasteiger partial charge in [0.1, 0.15) is 5.56 Å². The lowest BCUT2D eigenvalue weighted by molar-refractivity contribution is 0.294. The second-order valence-corrected chi connectivity index (χ2v) is 7.52. The van der Waals surface area contributed by atoms with Crippen LogP contribution in [0.4, 0.5) is 0 Å². The molecule has 2 N–H and O–H groups in total. The van der Waals surface area contributed by atoms with Crippen LogP contribution in [0.3, 0.4) is 0 Å². The predicted molar refractivity (Wildman–Crippen MR) is 116 cm³/mol. The first kappa shape index (κ1) is 22.1. The number of hydrogen-bond acceptors (Lipinski definition) is 5. The molecular weight excluding hydrogens is 424 g/mol. The number of aromatic amines is 1. The fraction of sp³-hybridized carbons (Fsp3) is 0.450. The van der Waals surface area contributed by atoms with Gasteiger partial charge in [-0.25, -0.2) is 9.36 Å². The van der Waals surface area contributed by atoms with E-state index < -0.39 is 17.1 Å². The van der Waals surface area contributed by atoms with Crippen LogP contribution in [-0.4, -0.2) is 51.4 Å². The molecule has 0 saturated carbocycles. The zero-order valence-electron chi connectivity index (χ0n) is 16.5. The molecule has 0 unspecified atom stereocenters. The van der Waals surface area contributed by atoms with Crippen molar-refractivity contribution in [1.29, 1.82) is 0 Å². The van der Waals surface area contributed by atoms with Crippen molar-refractivity contribution in [3.63, 3.8) is 0 Å². The van der Waals surface area contributed by atoms with E-state index in [1.165, 1.54) is 6.21 Å². The lowest BCUT2D eigenvalue weighted by atomic mass is 10.2. The number of aliphatic imine (C=N–C) groups is 1. The number of hydrogen-bond donors (Lipinski definition) is 2. The quantitative estimate of drug-likeness (QED) is 0.574. The highest BCUT2D eigenvalue weighted by Gasteiger charge is 2.14. The second kappa shape index (κ2) is 10.4. The Kier molecular flexibility index (Phi) is 8.19. The molecule has 0 aliphatic rings. The third-order valence-electron chi connectivity index (χ3n) is 4.65. The van der Waals surface area contributed by atoms with Crippen molar-refractivity contribution in [2.75, 3.05) is 19.6 Å². The molecule has 1 heterocycles. The summed E-state index contributed by atoms with van der Waals surface area (Å²) in [6, 6.07) is 6.83. The van der Waals surface area contributed by atoms with Crippen molar-refractivity contribution in [2.24, 2.45) is 4.99 Å². The third-order valence-corrected chi connectivity index (χ3v) is 5.18. The van der Waals surface area contributed by atoms with E-state index in [4.69, 9.17) is 0 Å². The number of H-pyrrole nitrogens is 1. The summed E-state index contributed by atoms with van der Waals surface area (Å²) in [5.74, 6) is -0.421. The van der Waals surface area contributed by atoms with E-state index >= 15 is 0 Å². The average Bonchev–Trinajstić information content (AvgIpc) is 2.66. The van der Waals surface area contributed by atoms with Crippen LogP contribution in [0.15, 0.2) is 43.3 Å². The molecule has 0 spiro atoms. The smallest absolute Gasteiger partial charge is 0.335 e. The molecule has 0 amide bonds. The molecule has 0 radical (unpaired) electrons. The van der Waals surface area contributed by atoms with Gasteiger partial charge in [0.05, 0.1) is 5.69 Å². The summed E-state index contributed by atoms with van der Waals surface area (Å²) in [6.45, 7) is 9.30. The van der Waals surface area contributed by atoms with Crippen molar-refractivity contribution < 1.29 is 5.11 Å². The molecule has 152 valence electrons. The zero-order valence-corrected chi connectivity index (χ0v) is 18.1. The van der Waals surface area contributed by atoms with Crippen LogP contribution < -0.4 is 11.2 Å². The Morgan fingerprint density at radius 3 is 2.50 bits per heavy atom. The molecule has 1 aromatic heterocycles. The first-order valence-electron chi connectivity index (χ1n) is 9.47. The Bertz CT molecular complexity index is 915. The number of nitrogens with zero attached hydrogens (tertiary/aromatic N) is 3. The molecule has 0 aliphatic heterocycles.